The van der Waals surface area contributed by atoms with Gasteiger partial charge in [0.2, 0.25) is 0 Å². The molecule has 1 aromatic heterocycles. The lowest BCUT2D eigenvalue weighted by Gasteiger charge is -2.14. The van der Waals surface area contributed by atoms with Gasteiger partial charge in [-0.3, -0.25) is 0 Å². The number of para-hydroxylation sites is 1. The Bertz CT molecular complexity index is 585. The smallest absolute Gasteiger partial charge is 0.0749 e. The average molecular weight is 243 g/mol. The van der Waals surface area contributed by atoms with Crippen LogP contribution in [0.1, 0.15) is 41.4 Å². The van der Waals surface area contributed by atoms with Crippen LogP contribution in [0, 0.1) is 6.92 Å². The molecule has 0 bridgehead atoms. The van der Waals surface area contributed by atoms with E-state index in [0.29, 0.717) is 5.69 Å². The molecule has 2 rings (SSSR count). The van der Waals surface area contributed by atoms with Gasteiger partial charge in [-0.05, 0) is 24.5 Å². The number of benzene rings is 1. The van der Waals surface area contributed by atoms with Gasteiger partial charge in [-0.15, -0.1) is 0 Å². The molecule has 0 aliphatic carbocycles. The van der Waals surface area contributed by atoms with E-state index in [9.17, 15) is 9.90 Å². The van der Waals surface area contributed by atoms with E-state index in [4.69, 9.17) is 0 Å². The molecule has 0 atom stereocenters. The number of nitrogens with zero attached hydrogens (tertiary/aromatic N) is 2. The van der Waals surface area contributed by atoms with Crippen LogP contribution in [0.25, 0.3) is 5.69 Å². The fourth-order valence-electron chi connectivity index (χ4n) is 2.06. The molecule has 1 heterocycles. The first-order valence-corrected chi connectivity index (χ1v) is 5.87. The lowest BCUT2D eigenvalue weighted by atomic mass is 10.1. The summed E-state index contributed by atoms with van der Waals surface area (Å²) in [5, 5.41) is 15.3. The van der Waals surface area contributed by atoms with E-state index in [2.05, 4.69) is 5.10 Å². The summed E-state index contributed by atoms with van der Waals surface area (Å²) in [7, 11) is 0. The molecule has 4 nitrogen and oxygen atoms in total. The predicted molar refractivity (Wildman–Crippen MR) is 66.7 cm³/mol. The summed E-state index contributed by atoms with van der Waals surface area (Å²) >= 11 is 0. The molecule has 0 aliphatic rings. The standard InChI is InChI=1S/C14H16N2O2/c1-9(2)13-11(14(17)18)8-15-16(13)12-7-5-4-6-10(12)3/h4-9H,1-3H3,(H,17,18)/p-1. The summed E-state index contributed by atoms with van der Waals surface area (Å²) in [4.78, 5) is 11.1. The Morgan fingerprint density at radius 2 is 2.00 bits per heavy atom. The molecule has 0 saturated heterocycles. The Kier molecular flexibility index (Phi) is 3.19. The monoisotopic (exact) mass is 243 g/mol. The SMILES string of the molecule is Cc1ccccc1-n1ncc(C(=O)[O-])c1C(C)C. The average Bonchev–Trinajstić information content (AvgIpc) is 2.74. The summed E-state index contributed by atoms with van der Waals surface area (Å²) in [6.07, 6.45) is 1.36. The number of hydrogen-bond acceptors (Lipinski definition) is 3. The van der Waals surface area contributed by atoms with E-state index in [1.807, 2.05) is 45.0 Å². The minimum Gasteiger partial charge on any atom is -0.545 e. The van der Waals surface area contributed by atoms with Crippen molar-refractivity contribution in [3.63, 3.8) is 0 Å². The van der Waals surface area contributed by atoms with Crippen molar-refractivity contribution in [2.24, 2.45) is 0 Å². The quantitative estimate of drug-likeness (QED) is 0.823. The first-order chi connectivity index (χ1) is 8.52. The molecule has 4 heteroatoms. The third-order valence-corrected chi connectivity index (χ3v) is 2.92. The molecular weight excluding hydrogens is 228 g/mol. The van der Waals surface area contributed by atoms with Gasteiger partial charge < -0.3 is 9.90 Å². The highest BCUT2D eigenvalue weighted by atomic mass is 16.4. The van der Waals surface area contributed by atoms with Crippen molar-refractivity contribution in [2.75, 3.05) is 0 Å². The minimum atomic E-state index is -1.18. The molecule has 0 amide bonds. The second kappa shape index (κ2) is 4.64. The van der Waals surface area contributed by atoms with Crippen LogP contribution in [-0.4, -0.2) is 15.7 Å². The number of carboxylic acid groups (broad SMARTS) is 1. The lowest BCUT2D eigenvalue weighted by molar-refractivity contribution is -0.255. The van der Waals surface area contributed by atoms with Gasteiger partial charge >= 0.3 is 0 Å². The summed E-state index contributed by atoms with van der Waals surface area (Å²) in [6.45, 7) is 5.86. The molecule has 0 spiro atoms. The summed E-state index contributed by atoms with van der Waals surface area (Å²) in [6, 6.07) is 7.75. The van der Waals surface area contributed by atoms with Crippen LogP contribution in [0.4, 0.5) is 0 Å². The third-order valence-electron chi connectivity index (χ3n) is 2.92. The molecule has 0 N–H and O–H groups in total. The molecule has 0 fully saturated rings. The van der Waals surface area contributed by atoms with Gasteiger partial charge in [0.1, 0.15) is 0 Å². The van der Waals surface area contributed by atoms with Crippen LogP contribution in [-0.2, 0) is 0 Å². The zero-order chi connectivity index (χ0) is 13.3. The summed E-state index contributed by atoms with van der Waals surface area (Å²) in [5.74, 6) is -1.13. The van der Waals surface area contributed by atoms with Crippen LogP contribution in [0.3, 0.4) is 0 Å². The van der Waals surface area contributed by atoms with Gasteiger partial charge in [0.15, 0.2) is 0 Å². The Balaban J connectivity index is 2.66. The van der Waals surface area contributed by atoms with Crippen molar-refractivity contribution in [3.05, 3.63) is 47.3 Å². The molecule has 18 heavy (non-hydrogen) atoms. The fourth-order valence-corrected chi connectivity index (χ4v) is 2.06. The van der Waals surface area contributed by atoms with Crippen molar-refractivity contribution < 1.29 is 9.90 Å². The number of aryl methyl sites for hydroxylation is 1. The van der Waals surface area contributed by atoms with Gasteiger partial charge in [-0.2, -0.15) is 5.10 Å². The summed E-state index contributed by atoms with van der Waals surface area (Å²) < 4.78 is 1.69. The van der Waals surface area contributed by atoms with Crippen LogP contribution >= 0.6 is 0 Å². The maximum atomic E-state index is 11.1. The molecule has 0 radical (unpaired) electrons. The van der Waals surface area contributed by atoms with Crippen LogP contribution in [0.2, 0.25) is 0 Å². The Morgan fingerprint density at radius 1 is 1.33 bits per heavy atom. The Hall–Kier alpha value is -2.10. The van der Waals surface area contributed by atoms with E-state index >= 15 is 0 Å². The van der Waals surface area contributed by atoms with Crippen molar-refractivity contribution >= 4 is 5.97 Å². The van der Waals surface area contributed by atoms with Gasteiger partial charge in [0.25, 0.3) is 0 Å². The molecule has 1 aromatic carbocycles. The fraction of sp³-hybridized carbons (Fsp3) is 0.286. The molecule has 0 aliphatic heterocycles. The minimum absolute atomic E-state index is 0.0556. The molecule has 94 valence electrons. The van der Waals surface area contributed by atoms with Crippen molar-refractivity contribution in [2.45, 2.75) is 26.7 Å². The van der Waals surface area contributed by atoms with Crippen LogP contribution in [0.15, 0.2) is 30.5 Å². The van der Waals surface area contributed by atoms with Crippen molar-refractivity contribution in [1.29, 1.82) is 0 Å². The largest absolute Gasteiger partial charge is 0.545 e. The molecule has 0 saturated carbocycles. The number of rotatable bonds is 3. The number of aromatic nitrogens is 2. The van der Waals surface area contributed by atoms with Crippen molar-refractivity contribution in [1.82, 2.24) is 9.78 Å². The second-order valence-corrected chi connectivity index (χ2v) is 4.58. The van der Waals surface area contributed by atoms with E-state index in [1.165, 1.54) is 6.20 Å². The highest BCUT2D eigenvalue weighted by Gasteiger charge is 2.16. The first-order valence-electron chi connectivity index (χ1n) is 5.87. The van der Waals surface area contributed by atoms with E-state index < -0.39 is 5.97 Å². The normalized spacial score (nSPS) is 10.9. The Labute approximate surface area is 106 Å². The zero-order valence-corrected chi connectivity index (χ0v) is 10.7. The van der Waals surface area contributed by atoms with Crippen LogP contribution in [0.5, 0.6) is 0 Å². The number of aromatic carboxylic acids is 1. The number of carbonyl (C=O) groups is 1. The lowest BCUT2D eigenvalue weighted by Crippen LogP contribution is -2.24. The maximum Gasteiger partial charge on any atom is 0.0749 e. The number of hydrogen-bond donors (Lipinski definition) is 0. The highest BCUT2D eigenvalue weighted by Crippen LogP contribution is 2.24. The zero-order valence-electron chi connectivity index (χ0n) is 10.7. The van der Waals surface area contributed by atoms with Gasteiger partial charge in [0, 0.05) is 5.56 Å². The Morgan fingerprint density at radius 3 is 2.56 bits per heavy atom. The first kappa shape index (κ1) is 12.4. The summed E-state index contributed by atoms with van der Waals surface area (Å²) in [5.41, 5.74) is 2.78. The van der Waals surface area contributed by atoms with E-state index in [-0.39, 0.29) is 11.5 Å². The third kappa shape index (κ3) is 2.01. The van der Waals surface area contributed by atoms with E-state index in [1.54, 1.807) is 4.68 Å². The van der Waals surface area contributed by atoms with E-state index in [0.717, 1.165) is 11.3 Å². The second-order valence-electron chi connectivity index (χ2n) is 4.58. The maximum absolute atomic E-state index is 11.1. The predicted octanol–water partition coefficient (Wildman–Crippen LogP) is 1.67. The molecular formula is C14H15N2O2-. The molecule has 0 unspecified atom stereocenters. The van der Waals surface area contributed by atoms with Crippen molar-refractivity contribution in [3.8, 4) is 5.69 Å². The highest BCUT2D eigenvalue weighted by molar-refractivity contribution is 5.87. The van der Waals surface area contributed by atoms with Gasteiger partial charge in [0.05, 0.1) is 23.5 Å². The number of carboxylic acids is 1. The topological polar surface area (TPSA) is 58.0 Å². The molecule has 2 aromatic rings. The number of carbonyl (C=O) groups excluding carboxylic acids is 1. The van der Waals surface area contributed by atoms with Crippen LogP contribution < -0.4 is 5.11 Å². The van der Waals surface area contributed by atoms with Gasteiger partial charge in [-0.25, -0.2) is 4.68 Å². The van der Waals surface area contributed by atoms with Gasteiger partial charge in [-0.1, -0.05) is 32.0 Å².